The molecule has 2 aromatic carbocycles. The van der Waals surface area contributed by atoms with Gasteiger partial charge < -0.3 is 20.8 Å². The van der Waals surface area contributed by atoms with Crippen molar-refractivity contribution in [2.45, 2.75) is 25.1 Å². The predicted octanol–water partition coefficient (Wildman–Crippen LogP) is 1.92. The number of carbonyl (C=O) groups is 1. The molecule has 138 valence electrons. The van der Waals surface area contributed by atoms with Gasteiger partial charge in [-0.15, -0.1) is 0 Å². The van der Waals surface area contributed by atoms with Crippen LogP contribution in [0.1, 0.15) is 11.1 Å². The predicted molar refractivity (Wildman–Crippen MR) is 95.9 cm³/mol. The number of amides is 1. The molecule has 0 unspecified atom stereocenters. The first kappa shape index (κ1) is 19.4. The molecular weight excluding hydrogens is 338 g/mol. The Morgan fingerprint density at radius 1 is 1.08 bits per heavy atom. The van der Waals surface area contributed by atoms with E-state index in [9.17, 15) is 20.0 Å². The van der Waals surface area contributed by atoms with Gasteiger partial charge in [-0.1, -0.05) is 42.5 Å². The zero-order valence-corrected chi connectivity index (χ0v) is 14.0. The number of nitrogens with zero attached hydrogens (tertiary/aromatic N) is 1. The smallest absolute Gasteiger partial charge is 0.404 e. The first-order valence-corrected chi connectivity index (χ1v) is 8.11. The number of nitro groups is 1. The minimum atomic E-state index is -1.19. The standard InChI is InChI=1S/C18H21N3O5/c22-17(12-19-11-14-6-8-15(9-7-14)21(25)26)16(20-18(23)24)10-13-4-2-1-3-5-13/h1-9,16-17,19-20,22H,10-12H2,(H,23,24)/t16-,17+/m0/s1. The molecule has 26 heavy (non-hydrogen) atoms. The largest absolute Gasteiger partial charge is 0.465 e. The first-order valence-electron chi connectivity index (χ1n) is 8.11. The molecular formula is C18H21N3O5. The van der Waals surface area contributed by atoms with E-state index in [0.717, 1.165) is 11.1 Å². The zero-order valence-electron chi connectivity index (χ0n) is 14.0. The van der Waals surface area contributed by atoms with E-state index in [0.29, 0.717) is 13.0 Å². The molecule has 0 aromatic heterocycles. The number of nitrogens with one attached hydrogen (secondary N) is 2. The third-order valence-corrected chi connectivity index (χ3v) is 3.90. The van der Waals surface area contributed by atoms with E-state index < -0.39 is 23.2 Å². The highest BCUT2D eigenvalue weighted by atomic mass is 16.6. The Morgan fingerprint density at radius 3 is 2.31 bits per heavy atom. The van der Waals surface area contributed by atoms with E-state index >= 15 is 0 Å². The van der Waals surface area contributed by atoms with Crippen molar-refractivity contribution in [1.29, 1.82) is 0 Å². The van der Waals surface area contributed by atoms with Crippen LogP contribution in [0, 0.1) is 10.1 Å². The maximum atomic E-state index is 11.0. The third kappa shape index (κ3) is 6.15. The van der Waals surface area contributed by atoms with Gasteiger partial charge in [0.1, 0.15) is 0 Å². The molecule has 4 N–H and O–H groups in total. The fourth-order valence-corrected chi connectivity index (χ4v) is 2.55. The summed E-state index contributed by atoms with van der Waals surface area (Å²) in [4.78, 5) is 21.2. The quantitative estimate of drug-likeness (QED) is 0.400. The number of aliphatic hydroxyl groups is 1. The second-order valence-electron chi connectivity index (χ2n) is 5.87. The summed E-state index contributed by atoms with van der Waals surface area (Å²) in [5.41, 5.74) is 1.76. The van der Waals surface area contributed by atoms with Crippen LogP contribution in [-0.4, -0.2) is 39.9 Å². The highest BCUT2D eigenvalue weighted by Gasteiger charge is 2.21. The highest BCUT2D eigenvalue weighted by Crippen LogP contribution is 2.12. The average Bonchev–Trinajstić information content (AvgIpc) is 2.62. The summed E-state index contributed by atoms with van der Waals surface area (Å²) in [6.07, 6.45) is -1.75. The summed E-state index contributed by atoms with van der Waals surface area (Å²) in [6.45, 7) is 0.578. The van der Waals surface area contributed by atoms with Crippen molar-refractivity contribution >= 4 is 11.8 Å². The van der Waals surface area contributed by atoms with Crippen molar-refractivity contribution in [3.8, 4) is 0 Å². The second kappa shape index (κ2) is 9.50. The fraction of sp³-hybridized carbons (Fsp3) is 0.278. The molecule has 0 radical (unpaired) electrons. The number of rotatable bonds is 9. The van der Waals surface area contributed by atoms with Gasteiger partial charge >= 0.3 is 6.09 Å². The minimum absolute atomic E-state index is 0.0161. The van der Waals surface area contributed by atoms with Gasteiger partial charge in [0.25, 0.3) is 5.69 Å². The Kier molecular flexibility index (Phi) is 7.07. The normalized spacial score (nSPS) is 13.0. The van der Waals surface area contributed by atoms with Gasteiger partial charge in [0.05, 0.1) is 17.1 Å². The summed E-state index contributed by atoms with van der Waals surface area (Å²) in [5.74, 6) is 0. The Balaban J connectivity index is 1.88. The van der Waals surface area contributed by atoms with Gasteiger partial charge in [-0.3, -0.25) is 10.1 Å². The number of benzene rings is 2. The van der Waals surface area contributed by atoms with Gasteiger partial charge in [-0.25, -0.2) is 4.79 Å². The van der Waals surface area contributed by atoms with Crippen molar-refractivity contribution in [3.05, 3.63) is 75.8 Å². The Hall–Kier alpha value is -2.97. The van der Waals surface area contributed by atoms with Crippen LogP contribution in [0.2, 0.25) is 0 Å². The summed E-state index contributed by atoms with van der Waals surface area (Å²) in [5, 5.41) is 35.3. The molecule has 2 aromatic rings. The highest BCUT2D eigenvalue weighted by molar-refractivity contribution is 5.65. The lowest BCUT2D eigenvalue weighted by Gasteiger charge is -2.23. The fourth-order valence-electron chi connectivity index (χ4n) is 2.55. The molecule has 2 rings (SSSR count). The Labute approximate surface area is 150 Å². The van der Waals surface area contributed by atoms with Crippen LogP contribution in [0.4, 0.5) is 10.5 Å². The molecule has 2 atom stereocenters. The molecule has 8 nitrogen and oxygen atoms in total. The minimum Gasteiger partial charge on any atom is -0.465 e. The van der Waals surface area contributed by atoms with Crippen LogP contribution >= 0.6 is 0 Å². The second-order valence-corrected chi connectivity index (χ2v) is 5.87. The lowest BCUT2D eigenvalue weighted by Crippen LogP contribution is -2.48. The monoisotopic (exact) mass is 359 g/mol. The van der Waals surface area contributed by atoms with E-state index in [1.54, 1.807) is 12.1 Å². The summed E-state index contributed by atoms with van der Waals surface area (Å²) in [7, 11) is 0. The molecule has 8 heteroatoms. The van der Waals surface area contributed by atoms with Crippen molar-refractivity contribution < 1.29 is 19.9 Å². The summed E-state index contributed by atoms with van der Waals surface area (Å²) in [6, 6.07) is 14.8. The number of hydrogen-bond donors (Lipinski definition) is 4. The van der Waals surface area contributed by atoms with Crippen LogP contribution in [0.25, 0.3) is 0 Å². The molecule has 0 saturated carbocycles. The van der Waals surface area contributed by atoms with E-state index in [2.05, 4.69) is 10.6 Å². The van der Waals surface area contributed by atoms with E-state index in [1.807, 2.05) is 30.3 Å². The number of aliphatic hydroxyl groups excluding tert-OH is 1. The van der Waals surface area contributed by atoms with Crippen molar-refractivity contribution in [3.63, 3.8) is 0 Å². The van der Waals surface area contributed by atoms with Crippen LogP contribution in [-0.2, 0) is 13.0 Å². The van der Waals surface area contributed by atoms with Crippen LogP contribution in [0.3, 0.4) is 0 Å². The van der Waals surface area contributed by atoms with Crippen molar-refractivity contribution in [2.24, 2.45) is 0 Å². The average molecular weight is 359 g/mol. The summed E-state index contributed by atoms with van der Waals surface area (Å²) < 4.78 is 0. The molecule has 0 bridgehead atoms. The molecule has 0 aliphatic heterocycles. The van der Waals surface area contributed by atoms with Gasteiger partial charge in [0, 0.05) is 25.2 Å². The topological polar surface area (TPSA) is 125 Å². The number of carboxylic acid groups (broad SMARTS) is 1. The first-order chi connectivity index (χ1) is 12.5. The molecule has 0 aliphatic rings. The van der Waals surface area contributed by atoms with E-state index in [4.69, 9.17) is 5.11 Å². The van der Waals surface area contributed by atoms with Gasteiger partial charge in [-0.2, -0.15) is 0 Å². The van der Waals surface area contributed by atoms with E-state index in [-0.39, 0.29) is 12.2 Å². The molecule has 1 amide bonds. The molecule has 0 aliphatic carbocycles. The van der Waals surface area contributed by atoms with Crippen molar-refractivity contribution in [1.82, 2.24) is 10.6 Å². The van der Waals surface area contributed by atoms with Gasteiger partial charge in [0.15, 0.2) is 0 Å². The maximum absolute atomic E-state index is 11.0. The van der Waals surface area contributed by atoms with Crippen LogP contribution < -0.4 is 10.6 Å². The molecule has 0 heterocycles. The zero-order chi connectivity index (χ0) is 18.9. The Bertz CT molecular complexity index is 721. The van der Waals surface area contributed by atoms with Crippen LogP contribution in [0.5, 0.6) is 0 Å². The number of hydrogen-bond acceptors (Lipinski definition) is 5. The van der Waals surface area contributed by atoms with Crippen molar-refractivity contribution in [2.75, 3.05) is 6.54 Å². The summed E-state index contributed by atoms with van der Waals surface area (Å²) >= 11 is 0. The van der Waals surface area contributed by atoms with Gasteiger partial charge in [-0.05, 0) is 17.5 Å². The van der Waals surface area contributed by atoms with Gasteiger partial charge in [0.2, 0.25) is 0 Å². The van der Waals surface area contributed by atoms with Crippen LogP contribution in [0.15, 0.2) is 54.6 Å². The molecule has 0 spiro atoms. The third-order valence-electron chi connectivity index (χ3n) is 3.90. The lowest BCUT2D eigenvalue weighted by atomic mass is 10.0. The molecule has 0 saturated heterocycles. The number of non-ortho nitro benzene ring substituents is 1. The SMILES string of the molecule is O=C(O)N[C@@H](Cc1ccccc1)[C@H](O)CNCc1ccc([N+](=O)[O-])cc1. The van der Waals surface area contributed by atoms with E-state index in [1.165, 1.54) is 12.1 Å². The lowest BCUT2D eigenvalue weighted by molar-refractivity contribution is -0.384. The molecule has 0 fully saturated rings. The Morgan fingerprint density at radius 2 is 1.73 bits per heavy atom. The number of nitro benzene ring substituents is 1. The maximum Gasteiger partial charge on any atom is 0.404 e.